The minimum absolute atomic E-state index is 0. The fourth-order valence-electron chi connectivity index (χ4n) is 1.31. The minimum Gasteiger partial charge on any atom is -0.0625 e. The molecule has 9 heavy (non-hydrogen) atoms. The van der Waals surface area contributed by atoms with Gasteiger partial charge in [0, 0.05) is 75.5 Å². The van der Waals surface area contributed by atoms with E-state index in [1.807, 2.05) is 0 Å². The van der Waals surface area contributed by atoms with Crippen LogP contribution in [0.5, 0.6) is 0 Å². The third-order valence-corrected chi connectivity index (χ3v) is 1.89. The first-order valence-corrected chi connectivity index (χ1v) is 3.39. The third kappa shape index (κ3) is 6.90. The summed E-state index contributed by atoms with van der Waals surface area (Å²) < 4.78 is 0. The average Bonchev–Trinajstić information content (AvgIpc) is 1.69. The first-order chi connectivity index (χ1) is 3.39. The van der Waals surface area contributed by atoms with Crippen LogP contribution in [-0.4, -0.2) is 0 Å². The summed E-state index contributed by atoms with van der Waals surface area (Å²) in [4.78, 5) is 0. The van der Waals surface area contributed by atoms with Gasteiger partial charge in [-0.15, -0.1) is 0 Å². The van der Waals surface area contributed by atoms with E-state index in [-0.39, 0.29) is 75.5 Å². The maximum absolute atomic E-state index is 2.36. The summed E-state index contributed by atoms with van der Waals surface area (Å²) in [6, 6.07) is 0. The first kappa shape index (κ1) is 14.1. The van der Waals surface area contributed by atoms with Crippen LogP contribution in [0.15, 0.2) is 0 Å². The SMILES string of the molecule is CC1CCCCC1.[Ar].[Ar]. The second kappa shape index (κ2) is 8.61. The predicted molar refractivity (Wildman–Crippen MR) is 32.2 cm³/mol. The second-order valence-corrected chi connectivity index (χ2v) is 2.74. The van der Waals surface area contributed by atoms with E-state index in [1.165, 1.54) is 32.1 Å². The van der Waals surface area contributed by atoms with Gasteiger partial charge in [-0.2, -0.15) is 0 Å². The molecule has 0 nitrogen and oxygen atoms in total. The minimum atomic E-state index is 0. The molecule has 0 N–H and O–H groups in total. The van der Waals surface area contributed by atoms with Gasteiger partial charge in [0.2, 0.25) is 0 Å². The van der Waals surface area contributed by atoms with Gasteiger partial charge in [-0.05, 0) is 5.92 Å². The van der Waals surface area contributed by atoms with Gasteiger partial charge in [-0.25, -0.2) is 0 Å². The molecule has 0 aromatic heterocycles. The zero-order valence-electron chi connectivity index (χ0n) is 5.82. The van der Waals surface area contributed by atoms with Crippen molar-refractivity contribution in [2.45, 2.75) is 39.0 Å². The molecule has 0 unspecified atom stereocenters. The summed E-state index contributed by atoms with van der Waals surface area (Å²) in [5.74, 6) is 1.04. The van der Waals surface area contributed by atoms with Gasteiger partial charge in [0.1, 0.15) is 0 Å². The van der Waals surface area contributed by atoms with E-state index in [0.29, 0.717) is 0 Å². The predicted octanol–water partition coefficient (Wildman–Crippen LogP) is 2.59. The van der Waals surface area contributed by atoms with Crippen molar-refractivity contribution in [3.63, 3.8) is 0 Å². The van der Waals surface area contributed by atoms with E-state index in [4.69, 9.17) is 0 Å². The molecular formula is C7H14Ar2. The first-order valence-electron chi connectivity index (χ1n) is 3.39. The molecule has 1 saturated carbocycles. The van der Waals surface area contributed by atoms with E-state index < -0.39 is 0 Å². The maximum Gasteiger partial charge on any atom is 0 e. The van der Waals surface area contributed by atoms with Crippen molar-refractivity contribution in [2.24, 2.45) is 5.92 Å². The Morgan fingerprint density at radius 3 is 1.56 bits per heavy atom. The van der Waals surface area contributed by atoms with Crippen LogP contribution in [0.3, 0.4) is 0 Å². The second-order valence-electron chi connectivity index (χ2n) is 2.74. The molecular weight excluding hydrogens is 164 g/mol. The Morgan fingerprint density at radius 1 is 0.889 bits per heavy atom. The van der Waals surface area contributed by atoms with Gasteiger partial charge < -0.3 is 0 Å². The standard InChI is InChI=1S/C7H14.2Ar/c1-7-5-3-2-4-6-7;;/h7H,2-6H2,1H3;;. The van der Waals surface area contributed by atoms with Crippen molar-refractivity contribution in [1.29, 1.82) is 0 Å². The van der Waals surface area contributed by atoms with E-state index in [9.17, 15) is 0 Å². The number of hydrogen-bond acceptors (Lipinski definition) is 0. The van der Waals surface area contributed by atoms with Crippen molar-refractivity contribution in [1.82, 2.24) is 0 Å². The van der Waals surface area contributed by atoms with Gasteiger partial charge in [0.25, 0.3) is 0 Å². The van der Waals surface area contributed by atoms with E-state index in [1.54, 1.807) is 0 Å². The zero-order chi connectivity index (χ0) is 5.11. The molecule has 1 aliphatic rings. The smallest absolute Gasteiger partial charge is 0 e. The average molecular weight is 178 g/mol. The normalized spacial score (nSPS) is 19.7. The molecule has 0 aromatic rings. The van der Waals surface area contributed by atoms with E-state index in [2.05, 4.69) is 6.92 Å². The van der Waals surface area contributed by atoms with E-state index in [0.717, 1.165) is 5.92 Å². The summed E-state index contributed by atoms with van der Waals surface area (Å²) in [6.45, 7) is 2.36. The molecule has 0 amide bonds. The summed E-state index contributed by atoms with van der Waals surface area (Å²) in [6.07, 6.45) is 7.44. The molecule has 0 saturated heterocycles. The molecule has 0 spiro atoms. The summed E-state index contributed by atoms with van der Waals surface area (Å²) in [7, 11) is 0. The molecule has 0 heterocycles. The Balaban J connectivity index is 0. The molecule has 58 valence electrons. The molecule has 2 heteroatoms. The van der Waals surface area contributed by atoms with Gasteiger partial charge in [-0.1, -0.05) is 39.0 Å². The van der Waals surface area contributed by atoms with Gasteiger partial charge in [0.05, 0.1) is 0 Å². The van der Waals surface area contributed by atoms with Gasteiger partial charge in [0.15, 0.2) is 0 Å². The van der Waals surface area contributed by atoms with Crippen LogP contribution in [0.25, 0.3) is 0 Å². The van der Waals surface area contributed by atoms with Crippen molar-refractivity contribution >= 4 is 0 Å². The Morgan fingerprint density at radius 2 is 1.33 bits per heavy atom. The Bertz CT molecular complexity index is 48.9. The third-order valence-electron chi connectivity index (χ3n) is 1.89. The fraction of sp³-hybridized carbons (Fsp3) is 1.00. The Kier molecular flexibility index (Phi) is 13.5. The molecule has 0 atom stereocenters. The molecule has 0 radical (unpaired) electrons. The van der Waals surface area contributed by atoms with Crippen LogP contribution in [0.4, 0.5) is 0 Å². The monoisotopic (exact) mass is 178 g/mol. The quantitative estimate of drug-likeness (QED) is 0.534. The van der Waals surface area contributed by atoms with Crippen molar-refractivity contribution in [2.75, 3.05) is 0 Å². The summed E-state index contributed by atoms with van der Waals surface area (Å²) in [5, 5.41) is 0. The van der Waals surface area contributed by atoms with Crippen molar-refractivity contribution < 1.29 is 75.5 Å². The zero-order valence-corrected chi connectivity index (χ0v) is 7.23. The van der Waals surface area contributed by atoms with Gasteiger partial charge >= 0.3 is 0 Å². The number of hydrogen-bond donors (Lipinski definition) is 0. The molecule has 1 aliphatic carbocycles. The fourth-order valence-corrected chi connectivity index (χ4v) is 1.31. The molecule has 0 bridgehead atoms. The molecule has 1 fully saturated rings. The van der Waals surface area contributed by atoms with Crippen molar-refractivity contribution in [3.05, 3.63) is 0 Å². The topological polar surface area (TPSA) is 0 Å². The van der Waals surface area contributed by atoms with Crippen molar-refractivity contribution in [3.8, 4) is 0 Å². The van der Waals surface area contributed by atoms with Crippen LogP contribution in [0, 0.1) is 81.4 Å². The molecule has 1 rings (SSSR count). The van der Waals surface area contributed by atoms with Crippen LogP contribution in [-0.2, 0) is 0 Å². The summed E-state index contributed by atoms with van der Waals surface area (Å²) >= 11 is 0. The largest absolute Gasteiger partial charge is 0.0625 e. The Labute approximate surface area is 118 Å². The van der Waals surface area contributed by atoms with Crippen LogP contribution < -0.4 is 0 Å². The maximum atomic E-state index is 2.36. The van der Waals surface area contributed by atoms with Crippen LogP contribution in [0.2, 0.25) is 0 Å². The van der Waals surface area contributed by atoms with E-state index >= 15 is 0 Å². The number of rotatable bonds is 0. The Hall–Kier alpha value is 2.52. The van der Waals surface area contributed by atoms with Crippen LogP contribution in [0.1, 0.15) is 39.0 Å². The molecule has 0 aromatic carbocycles. The van der Waals surface area contributed by atoms with Gasteiger partial charge in [-0.3, -0.25) is 0 Å². The van der Waals surface area contributed by atoms with Crippen LogP contribution >= 0.6 is 0 Å². The summed E-state index contributed by atoms with van der Waals surface area (Å²) in [5.41, 5.74) is 0. The molecule has 0 aliphatic heterocycles.